The van der Waals surface area contributed by atoms with E-state index in [0.717, 1.165) is 36.8 Å². The summed E-state index contributed by atoms with van der Waals surface area (Å²) in [7, 11) is 0. The summed E-state index contributed by atoms with van der Waals surface area (Å²) >= 11 is 1.57. The molecule has 1 aliphatic rings. The topological polar surface area (TPSA) is 60.5 Å². The van der Waals surface area contributed by atoms with Gasteiger partial charge in [0.25, 0.3) is 0 Å². The van der Waals surface area contributed by atoms with E-state index < -0.39 is 11.7 Å². The minimum Gasteiger partial charge on any atom is -0.444 e. The molecule has 21 heavy (non-hydrogen) atoms. The van der Waals surface area contributed by atoms with Gasteiger partial charge in [0, 0.05) is 17.9 Å². The fourth-order valence-corrected chi connectivity index (χ4v) is 3.11. The number of ether oxygens (including phenoxy) is 2. The second-order valence-corrected chi connectivity index (χ2v) is 7.28. The van der Waals surface area contributed by atoms with Crippen molar-refractivity contribution < 1.29 is 14.3 Å². The van der Waals surface area contributed by atoms with Crippen molar-refractivity contribution in [3.63, 3.8) is 0 Å². The zero-order valence-electron chi connectivity index (χ0n) is 13.1. The molecule has 0 aliphatic carbocycles. The normalized spacial score (nSPS) is 20.9. The standard InChI is InChI=1S/C15H24N2O3S/c1-10(16-14(18)20-15(2,3)4)13-17-12(9-21-13)11-6-5-7-19-8-11/h9-11H,5-8H2,1-4H3,(H,16,18)/t10-,11+/m1/s1. The smallest absolute Gasteiger partial charge is 0.408 e. The zero-order valence-corrected chi connectivity index (χ0v) is 14.0. The van der Waals surface area contributed by atoms with Gasteiger partial charge in [-0.1, -0.05) is 0 Å². The van der Waals surface area contributed by atoms with Gasteiger partial charge in [-0.25, -0.2) is 9.78 Å². The molecule has 1 saturated heterocycles. The molecule has 1 fully saturated rings. The molecule has 1 N–H and O–H groups in total. The van der Waals surface area contributed by atoms with Gasteiger partial charge < -0.3 is 14.8 Å². The van der Waals surface area contributed by atoms with Crippen LogP contribution < -0.4 is 5.32 Å². The first-order valence-electron chi connectivity index (χ1n) is 7.38. The van der Waals surface area contributed by atoms with Gasteiger partial charge in [-0.05, 0) is 40.5 Å². The van der Waals surface area contributed by atoms with Gasteiger partial charge in [-0.2, -0.15) is 0 Å². The molecule has 1 aliphatic heterocycles. The Morgan fingerprint density at radius 1 is 1.57 bits per heavy atom. The molecule has 1 amide bonds. The van der Waals surface area contributed by atoms with Crippen LogP contribution in [0.15, 0.2) is 5.38 Å². The third-order valence-corrected chi connectivity index (χ3v) is 4.27. The molecule has 1 aromatic heterocycles. The number of carbonyl (C=O) groups excluding carboxylic acids is 1. The van der Waals surface area contributed by atoms with Crippen LogP contribution in [-0.2, 0) is 9.47 Å². The van der Waals surface area contributed by atoms with E-state index in [1.807, 2.05) is 27.7 Å². The van der Waals surface area contributed by atoms with Gasteiger partial charge in [0.15, 0.2) is 0 Å². The lowest BCUT2D eigenvalue weighted by Crippen LogP contribution is -2.34. The lowest BCUT2D eigenvalue weighted by atomic mass is 10.00. The highest BCUT2D eigenvalue weighted by molar-refractivity contribution is 7.09. The number of thiazole rings is 1. The highest BCUT2D eigenvalue weighted by Gasteiger charge is 2.22. The number of nitrogens with zero attached hydrogens (tertiary/aromatic N) is 1. The molecule has 0 aromatic carbocycles. The zero-order chi connectivity index (χ0) is 15.5. The van der Waals surface area contributed by atoms with Crippen LogP contribution in [0.3, 0.4) is 0 Å². The molecule has 0 bridgehead atoms. The van der Waals surface area contributed by atoms with Crippen molar-refractivity contribution >= 4 is 17.4 Å². The Morgan fingerprint density at radius 3 is 2.95 bits per heavy atom. The van der Waals surface area contributed by atoms with E-state index in [1.165, 1.54) is 0 Å². The van der Waals surface area contributed by atoms with Crippen LogP contribution in [0, 0.1) is 0 Å². The minimum atomic E-state index is -0.489. The SMILES string of the molecule is C[C@@H](NC(=O)OC(C)(C)C)c1nc([C@H]2CCCOC2)cs1. The monoisotopic (exact) mass is 312 g/mol. The summed E-state index contributed by atoms with van der Waals surface area (Å²) in [4.78, 5) is 16.4. The van der Waals surface area contributed by atoms with E-state index >= 15 is 0 Å². The molecule has 2 heterocycles. The Labute approximate surface area is 130 Å². The minimum absolute atomic E-state index is 0.150. The average Bonchev–Trinajstić information content (AvgIpc) is 2.87. The average molecular weight is 312 g/mol. The predicted octanol–water partition coefficient (Wildman–Crippen LogP) is 3.62. The Balaban J connectivity index is 1.92. The molecular formula is C15H24N2O3S. The van der Waals surface area contributed by atoms with Crippen LogP contribution in [0.25, 0.3) is 0 Å². The molecule has 1 aromatic rings. The largest absolute Gasteiger partial charge is 0.444 e. The van der Waals surface area contributed by atoms with Crippen LogP contribution in [0.4, 0.5) is 4.79 Å². The van der Waals surface area contributed by atoms with Gasteiger partial charge in [0.05, 0.1) is 18.3 Å². The quantitative estimate of drug-likeness (QED) is 0.926. The first-order chi connectivity index (χ1) is 9.85. The van der Waals surface area contributed by atoms with Crippen LogP contribution >= 0.6 is 11.3 Å². The van der Waals surface area contributed by atoms with E-state index in [9.17, 15) is 4.79 Å². The van der Waals surface area contributed by atoms with Gasteiger partial charge >= 0.3 is 6.09 Å². The van der Waals surface area contributed by atoms with Crippen LogP contribution in [-0.4, -0.2) is 29.9 Å². The maximum Gasteiger partial charge on any atom is 0.408 e. The molecule has 0 unspecified atom stereocenters. The van der Waals surface area contributed by atoms with E-state index in [2.05, 4.69) is 15.7 Å². The summed E-state index contributed by atoms with van der Waals surface area (Å²) in [5.41, 5.74) is 0.588. The van der Waals surface area contributed by atoms with Gasteiger partial charge in [0.2, 0.25) is 0 Å². The van der Waals surface area contributed by atoms with E-state index in [4.69, 9.17) is 9.47 Å². The van der Waals surface area contributed by atoms with Crippen molar-refractivity contribution in [2.45, 2.75) is 58.1 Å². The molecule has 2 rings (SSSR count). The molecule has 2 atom stereocenters. The number of nitrogens with one attached hydrogen (secondary N) is 1. The Kier molecular flexibility index (Phi) is 5.22. The summed E-state index contributed by atoms with van der Waals surface area (Å²) in [6, 6.07) is -0.150. The van der Waals surface area contributed by atoms with Gasteiger partial charge in [0.1, 0.15) is 10.6 Å². The van der Waals surface area contributed by atoms with Gasteiger partial charge in [-0.15, -0.1) is 11.3 Å². The fourth-order valence-electron chi connectivity index (χ4n) is 2.21. The van der Waals surface area contributed by atoms with Crippen LogP contribution in [0.1, 0.15) is 63.2 Å². The maximum atomic E-state index is 11.8. The molecular weight excluding hydrogens is 288 g/mol. The van der Waals surface area contributed by atoms with Crippen molar-refractivity contribution in [1.29, 1.82) is 0 Å². The summed E-state index contributed by atoms with van der Waals surface area (Å²) in [6.45, 7) is 9.07. The summed E-state index contributed by atoms with van der Waals surface area (Å²) in [5, 5.41) is 5.80. The Bertz CT molecular complexity index is 476. The highest BCUT2D eigenvalue weighted by Crippen LogP contribution is 2.28. The lowest BCUT2D eigenvalue weighted by Gasteiger charge is -2.21. The highest BCUT2D eigenvalue weighted by atomic mass is 32.1. The number of carbonyl (C=O) groups is 1. The number of amides is 1. The summed E-state index contributed by atoms with van der Waals surface area (Å²) < 4.78 is 10.8. The molecule has 5 nitrogen and oxygen atoms in total. The van der Waals surface area contributed by atoms with Crippen LogP contribution in [0.2, 0.25) is 0 Å². The molecule has 0 radical (unpaired) electrons. The molecule has 6 heteroatoms. The lowest BCUT2D eigenvalue weighted by molar-refractivity contribution is 0.0507. The third kappa shape index (κ3) is 4.97. The van der Waals surface area contributed by atoms with E-state index in [0.29, 0.717) is 5.92 Å². The van der Waals surface area contributed by atoms with Crippen molar-refractivity contribution in [2.75, 3.05) is 13.2 Å². The number of alkyl carbamates (subject to hydrolysis) is 1. The second-order valence-electron chi connectivity index (χ2n) is 6.39. The number of rotatable bonds is 3. The maximum absolute atomic E-state index is 11.8. The number of hydrogen-bond acceptors (Lipinski definition) is 5. The summed E-state index contributed by atoms with van der Waals surface area (Å²) in [5.74, 6) is 0.387. The van der Waals surface area contributed by atoms with Crippen molar-refractivity contribution in [2.24, 2.45) is 0 Å². The fraction of sp³-hybridized carbons (Fsp3) is 0.733. The van der Waals surface area contributed by atoms with Crippen LogP contribution in [0.5, 0.6) is 0 Å². The predicted molar refractivity (Wildman–Crippen MR) is 82.7 cm³/mol. The summed E-state index contributed by atoms with van der Waals surface area (Å²) in [6.07, 6.45) is 1.80. The molecule has 0 spiro atoms. The molecule has 0 saturated carbocycles. The van der Waals surface area contributed by atoms with Crippen molar-refractivity contribution in [3.05, 3.63) is 16.1 Å². The first-order valence-corrected chi connectivity index (χ1v) is 8.25. The second kappa shape index (κ2) is 6.75. The Hall–Kier alpha value is -1.14. The molecule has 118 valence electrons. The van der Waals surface area contributed by atoms with E-state index in [1.54, 1.807) is 11.3 Å². The van der Waals surface area contributed by atoms with Crippen molar-refractivity contribution in [3.8, 4) is 0 Å². The van der Waals surface area contributed by atoms with Gasteiger partial charge in [-0.3, -0.25) is 0 Å². The number of hydrogen-bond donors (Lipinski definition) is 1. The van der Waals surface area contributed by atoms with Crippen molar-refractivity contribution in [1.82, 2.24) is 10.3 Å². The third-order valence-electron chi connectivity index (χ3n) is 3.22. The Morgan fingerprint density at radius 2 is 2.33 bits per heavy atom. The first kappa shape index (κ1) is 16.2. The van der Waals surface area contributed by atoms with E-state index in [-0.39, 0.29) is 6.04 Å². The number of aromatic nitrogens is 1.